The minimum absolute atomic E-state index is 0.424. The number of likely N-dealkylation sites (tertiary alicyclic amines) is 1. The van der Waals surface area contributed by atoms with E-state index in [9.17, 15) is 0 Å². The van der Waals surface area contributed by atoms with Crippen LogP contribution in [-0.2, 0) is 0 Å². The molecule has 1 saturated heterocycles. The monoisotopic (exact) mass is 308 g/mol. The first kappa shape index (κ1) is 16.8. The normalized spacial score (nSPS) is 28.5. The zero-order chi connectivity index (χ0) is 15.4. The Hall–Kier alpha value is -0.570. The van der Waals surface area contributed by atoms with Crippen molar-refractivity contribution in [3.05, 3.63) is 34.9 Å². The molecule has 2 nitrogen and oxygen atoms in total. The van der Waals surface area contributed by atoms with Gasteiger partial charge in [0, 0.05) is 29.7 Å². The van der Waals surface area contributed by atoms with E-state index < -0.39 is 0 Å². The second kappa shape index (κ2) is 7.62. The molecular formula is C18H29ClN2. The van der Waals surface area contributed by atoms with Gasteiger partial charge in [-0.25, -0.2) is 0 Å². The minimum atomic E-state index is 0.424. The van der Waals surface area contributed by atoms with Gasteiger partial charge in [0.15, 0.2) is 0 Å². The fraction of sp³-hybridized carbons (Fsp3) is 0.667. The number of piperidine rings is 1. The summed E-state index contributed by atoms with van der Waals surface area (Å²) < 4.78 is 0. The van der Waals surface area contributed by atoms with Crippen molar-refractivity contribution in [3.8, 4) is 0 Å². The molecule has 1 aliphatic rings. The van der Waals surface area contributed by atoms with Gasteiger partial charge in [0.25, 0.3) is 0 Å². The fourth-order valence-electron chi connectivity index (χ4n) is 3.51. The SMILES string of the molecule is CCCNC1CCN(C(C)c2cccc(Cl)c2)C(C)C1C. The maximum Gasteiger partial charge on any atom is 0.0409 e. The summed E-state index contributed by atoms with van der Waals surface area (Å²) in [4.78, 5) is 2.63. The third kappa shape index (κ3) is 4.00. The van der Waals surface area contributed by atoms with Crippen molar-refractivity contribution >= 4 is 11.6 Å². The first-order valence-corrected chi connectivity index (χ1v) is 8.67. The van der Waals surface area contributed by atoms with Gasteiger partial charge in [-0.3, -0.25) is 4.90 Å². The molecule has 0 radical (unpaired) electrons. The van der Waals surface area contributed by atoms with Crippen LogP contribution < -0.4 is 5.32 Å². The Morgan fingerprint density at radius 2 is 2.14 bits per heavy atom. The average molecular weight is 309 g/mol. The molecule has 1 aliphatic heterocycles. The molecule has 4 unspecified atom stereocenters. The summed E-state index contributed by atoms with van der Waals surface area (Å²) in [7, 11) is 0. The topological polar surface area (TPSA) is 15.3 Å². The van der Waals surface area contributed by atoms with Crippen molar-refractivity contribution in [1.82, 2.24) is 10.2 Å². The van der Waals surface area contributed by atoms with Crippen LogP contribution in [0.15, 0.2) is 24.3 Å². The van der Waals surface area contributed by atoms with E-state index in [0.717, 1.165) is 18.1 Å². The van der Waals surface area contributed by atoms with Gasteiger partial charge < -0.3 is 5.32 Å². The third-order valence-electron chi connectivity index (χ3n) is 5.10. The molecule has 0 aromatic heterocycles. The van der Waals surface area contributed by atoms with E-state index in [4.69, 9.17) is 11.6 Å². The summed E-state index contributed by atoms with van der Waals surface area (Å²) in [6.45, 7) is 11.6. The molecule has 4 atom stereocenters. The molecule has 1 aromatic carbocycles. The molecule has 118 valence electrons. The van der Waals surface area contributed by atoms with Crippen molar-refractivity contribution in [1.29, 1.82) is 0 Å². The summed E-state index contributed by atoms with van der Waals surface area (Å²) in [6.07, 6.45) is 2.44. The molecule has 21 heavy (non-hydrogen) atoms. The number of hydrogen-bond acceptors (Lipinski definition) is 2. The van der Waals surface area contributed by atoms with Crippen LogP contribution in [0.2, 0.25) is 5.02 Å². The maximum absolute atomic E-state index is 6.14. The summed E-state index contributed by atoms with van der Waals surface area (Å²) in [5.74, 6) is 0.673. The van der Waals surface area contributed by atoms with Crippen molar-refractivity contribution in [2.75, 3.05) is 13.1 Å². The van der Waals surface area contributed by atoms with E-state index >= 15 is 0 Å². The van der Waals surface area contributed by atoms with E-state index in [2.05, 4.69) is 56.1 Å². The van der Waals surface area contributed by atoms with E-state index in [1.54, 1.807) is 0 Å². The van der Waals surface area contributed by atoms with Crippen LogP contribution in [0.1, 0.15) is 52.1 Å². The van der Waals surface area contributed by atoms with Crippen LogP contribution in [0, 0.1) is 5.92 Å². The molecule has 1 heterocycles. The van der Waals surface area contributed by atoms with Crippen molar-refractivity contribution in [2.45, 2.75) is 58.7 Å². The van der Waals surface area contributed by atoms with E-state index in [1.807, 2.05) is 6.07 Å². The second-order valence-electron chi connectivity index (χ2n) is 6.42. The zero-order valence-corrected chi connectivity index (χ0v) is 14.5. The lowest BCUT2D eigenvalue weighted by molar-refractivity contribution is 0.0525. The highest BCUT2D eigenvalue weighted by Crippen LogP contribution is 2.32. The average Bonchev–Trinajstić information content (AvgIpc) is 2.48. The van der Waals surface area contributed by atoms with Gasteiger partial charge >= 0.3 is 0 Å². The Morgan fingerprint density at radius 1 is 1.38 bits per heavy atom. The highest BCUT2D eigenvalue weighted by molar-refractivity contribution is 6.30. The third-order valence-corrected chi connectivity index (χ3v) is 5.34. The van der Waals surface area contributed by atoms with Gasteiger partial charge in [0.05, 0.1) is 0 Å². The molecule has 2 rings (SSSR count). The predicted molar refractivity (Wildman–Crippen MR) is 91.9 cm³/mol. The van der Waals surface area contributed by atoms with Crippen LogP contribution in [0.3, 0.4) is 0 Å². The summed E-state index contributed by atoms with van der Waals surface area (Å²) in [5, 5.41) is 4.54. The largest absolute Gasteiger partial charge is 0.314 e. The lowest BCUT2D eigenvalue weighted by atomic mass is 9.85. The van der Waals surface area contributed by atoms with Gasteiger partial charge in [-0.05, 0) is 56.8 Å². The quantitative estimate of drug-likeness (QED) is 0.861. The van der Waals surface area contributed by atoms with Crippen LogP contribution in [0.5, 0.6) is 0 Å². The first-order valence-electron chi connectivity index (χ1n) is 8.29. The van der Waals surface area contributed by atoms with Gasteiger partial charge in [0.2, 0.25) is 0 Å². The number of halogens is 1. The molecule has 1 N–H and O–H groups in total. The molecule has 0 aliphatic carbocycles. The van der Waals surface area contributed by atoms with E-state index in [0.29, 0.717) is 24.0 Å². The van der Waals surface area contributed by atoms with Crippen LogP contribution >= 0.6 is 11.6 Å². The molecule has 3 heteroatoms. The number of nitrogens with zero attached hydrogens (tertiary/aromatic N) is 1. The number of hydrogen-bond donors (Lipinski definition) is 1. The van der Waals surface area contributed by atoms with Gasteiger partial charge in [-0.2, -0.15) is 0 Å². The minimum Gasteiger partial charge on any atom is -0.314 e. The smallest absolute Gasteiger partial charge is 0.0409 e. The summed E-state index contributed by atoms with van der Waals surface area (Å²) >= 11 is 6.14. The Bertz CT molecular complexity index is 449. The van der Waals surface area contributed by atoms with Gasteiger partial charge in [0.1, 0.15) is 0 Å². The Morgan fingerprint density at radius 3 is 2.81 bits per heavy atom. The zero-order valence-electron chi connectivity index (χ0n) is 13.8. The maximum atomic E-state index is 6.14. The van der Waals surface area contributed by atoms with Crippen molar-refractivity contribution < 1.29 is 0 Å². The highest BCUT2D eigenvalue weighted by Gasteiger charge is 2.34. The number of nitrogens with one attached hydrogen (secondary N) is 1. The number of rotatable bonds is 5. The van der Waals surface area contributed by atoms with Crippen molar-refractivity contribution in [2.24, 2.45) is 5.92 Å². The Kier molecular flexibility index (Phi) is 6.09. The second-order valence-corrected chi connectivity index (χ2v) is 6.85. The van der Waals surface area contributed by atoms with Crippen LogP contribution in [0.4, 0.5) is 0 Å². The van der Waals surface area contributed by atoms with Gasteiger partial charge in [-0.15, -0.1) is 0 Å². The number of benzene rings is 1. The van der Waals surface area contributed by atoms with E-state index in [1.165, 1.54) is 18.4 Å². The molecule has 1 aromatic rings. The first-order chi connectivity index (χ1) is 10.0. The molecule has 0 spiro atoms. The lowest BCUT2D eigenvalue weighted by Crippen LogP contribution is -2.54. The Labute approximate surface area is 134 Å². The van der Waals surface area contributed by atoms with Gasteiger partial charge in [-0.1, -0.05) is 37.6 Å². The molecular weight excluding hydrogens is 280 g/mol. The summed E-state index contributed by atoms with van der Waals surface area (Å²) in [5.41, 5.74) is 1.32. The fourth-order valence-corrected chi connectivity index (χ4v) is 3.71. The highest BCUT2D eigenvalue weighted by atomic mass is 35.5. The lowest BCUT2D eigenvalue weighted by Gasteiger charge is -2.46. The van der Waals surface area contributed by atoms with Crippen LogP contribution in [0.25, 0.3) is 0 Å². The Balaban J connectivity index is 2.04. The molecule has 0 saturated carbocycles. The predicted octanol–water partition coefficient (Wildman–Crippen LogP) is 4.50. The van der Waals surface area contributed by atoms with Crippen LogP contribution in [-0.4, -0.2) is 30.1 Å². The molecule has 1 fully saturated rings. The standard InChI is InChI=1S/C18H29ClN2/c1-5-10-20-18-9-11-21(14(3)13(18)2)15(4)16-7-6-8-17(19)12-16/h6-8,12-15,18,20H,5,9-11H2,1-4H3. The molecule has 0 bridgehead atoms. The van der Waals surface area contributed by atoms with Crippen molar-refractivity contribution in [3.63, 3.8) is 0 Å². The summed E-state index contributed by atoms with van der Waals surface area (Å²) in [6, 6.07) is 9.96. The molecule has 0 amide bonds. The van der Waals surface area contributed by atoms with E-state index in [-0.39, 0.29) is 0 Å².